The van der Waals surface area contributed by atoms with Crippen LogP contribution < -0.4 is 10.1 Å². The molecular weight excluding hydrogens is 477 g/mol. The van der Waals surface area contributed by atoms with E-state index in [1.54, 1.807) is 12.1 Å². The number of para-hydroxylation sites is 1. The number of aliphatic hydroxyl groups excluding tert-OH is 1. The fourth-order valence-electron chi connectivity index (χ4n) is 4.80. The normalized spacial score (nSPS) is 21.3. The van der Waals surface area contributed by atoms with Crippen LogP contribution >= 0.6 is 0 Å². The lowest BCUT2D eigenvalue weighted by Gasteiger charge is -2.43. The Bertz CT molecular complexity index is 1230. The van der Waals surface area contributed by atoms with Gasteiger partial charge in [0.25, 0.3) is 0 Å². The van der Waals surface area contributed by atoms with E-state index in [4.69, 9.17) is 9.47 Å². The topological polar surface area (TPSA) is 105 Å². The standard InChI is InChI=1S/C29H30FNO6/c1-29(31-26(33)14-15-32)16-24(20-10-12-21(30)13-11-20)37-25(17-29)23-9-5-8-22(19-6-3-2-4-7-19)28(23)36-18-27(34)35/h2-13,24-25,32H,14-18H2,1H3,(H,31,33)(H,34,35)/t24-,25+,29+/m0/s1. The number of aliphatic carboxylic acids is 1. The van der Waals surface area contributed by atoms with E-state index in [0.29, 0.717) is 24.2 Å². The number of carboxylic acid groups (broad SMARTS) is 1. The van der Waals surface area contributed by atoms with Crippen LogP contribution in [-0.2, 0) is 14.3 Å². The second-order valence-corrected chi connectivity index (χ2v) is 9.43. The van der Waals surface area contributed by atoms with Gasteiger partial charge in [-0.25, -0.2) is 9.18 Å². The second-order valence-electron chi connectivity index (χ2n) is 9.43. The van der Waals surface area contributed by atoms with Crippen LogP contribution in [0.3, 0.4) is 0 Å². The highest BCUT2D eigenvalue weighted by Crippen LogP contribution is 2.47. The van der Waals surface area contributed by atoms with Crippen molar-refractivity contribution in [2.45, 2.75) is 43.9 Å². The zero-order valence-electron chi connectivity index (χ0n) is 20.5. The number of hydrogen-bond acceptors (Lipinski definition) is 5. The van der Waals surface area contributed by atoms with Gasteiger partial charge in [0, 0.05) is 35.9 Å². The number of benzene rings is 3. The van der Waals surface area contributed by atoms with Gasteiger partial charge in [-0.1, -0.05) is 60.7 Å². The van der Waals surface area contributed by atoms with Crippen LogP contribution in [0.15, 0.2) is 72.8 Å². The number of amides is 1. The number of rotatable bonds is 9. The van der Waals surface area contributed by atoms with E-state index in [9.17, 15) is 24.2 Å². The van der Waals surface area contributed by atoms with Gasteiger partial charge in [-0.2, -0.15) is 0 Å². The second kappa shape index (κ2) is 11.5. The molecule has 1 fully saturated rings. The monoisotopic (exact) mass is 507 g/mol. The summed E-state index contributed by atoms with van der Waals surface area (Å²) in [6.07, 6.45) is -0.277. The molecule has 7 nitrogen and oxygen atoms in total. The molecule has 0 aromatic heterocycles. The number of carbonyl (C=O) groups is 2. The van der Waals surface area contributed by atoms with Gasteiger partial charge in [0.05, 0.1) is 18.8 Å². The van der Waals surface area contributed by atoms with Gasteiger partial charge in [0.1, 0.15) is 11.6 Å². The summed E-state index contributed by atoms with van der Waals surface area (Å²) in [6.45, 7) is 1.11. The first-order valence-corrected chi connectivity index (χ1v) is 12.1. The molecule has 194 valence electrons. The number of hydrogen-bond donors (Lipinski definition) is 3. The molecule has 1 saturated heterocycles. The zero-order valence-corrected chi connectivity index (χ0v) is 20.5. The van der Waals surface area contributed by atoms with Gasteiger partial charge in [-0.15, -0.1) is 0 Å². The Morgan fingerprint density at radius 1 is 1.03 bits per heavy atom. The van der Waals surface area contributed by atoms with Crippen molar-refractivity contribution in [1.82, 2.24) is 5.32 Å². The average molecular weight is 508 g/mol. The Labute approximate surface area is 214 Å². The lowest BCUT2D eigenvalue weighted by atomic mass is 9.80. The SMILES string of the molecule is C[C@@]1(NC(=O)CCO)C[C@@H](c2ccc(F)cc2)O[C@@H](c2cccc(-c3ccccc3)c2OCC(=O)O)C1. The minimum atomic E-state index is -1.11. The highest BCUT2D eigenvalue weighted by molar-refractivity contribution is 5.77. The highest BCUT2D eigenvalue weighted by Gasteiger charge is 2.41. The minimum absolute atomic E-state index is 0.0290. The van der Waals surface area contributed by atoms with Crippen LogP contribution in [-0.4, -0.2) is 40.8 Å². The summed E-state index contributed by atoms with van der Waals surface area (Å²) in [5.41, 5.74) is 2.26. The van der Waals surface area contributed by atoms with Crippen molar-refractivity contribution >= 4 is 11.9 Å². The number of ether oxygens (including phenoxy) is 2. The fraction of sp³-hybridized carbons (Fsp3) is 0.310. The summed E-state index contributed by atoms with van der Waals surface area (Å²) in [5, 5.41) is 21.6. The van der Waals surface area contributed by atoms with Crippen LogP contribution in [0.25, 0.3) is 11.1 Å². The maximum Gasteiger partial charge on any atom is 0.341 e. The molecule has 1 heterocycles. The average Bonchev–Trinajstić information content (AvgIpc) is 2.87. The molecule has 1 aliphatic rings. The van der Waals surface area contributed by atoms with Crippen LogP contribution in [0.5, 0.6) is 5.75 Å². The molecule has 0 saturated carbocycles. The van der Waals surface area contributed by atoms with Gasteiger partial charge >= 0.3 is 5.97 Å². The van der Waals surface area contributed by atoms with Crippen molar-refractivity contribution < 1.29 is 33.7 Å². The molecule has 0 bridgehead atoms. The Hall–Kier alpha value is -3.75. The zero-order chi connectivity index (χ0) is 26.4. The van der Waals surface area contributed by atoms with E-state index in [0.717, 1.165) is 16.7 Å². The summed E-state index contributed by atoms with van der Waals surface area (Å²) in [5.74, 6) is -1.37. The molecule has 0 spiro atoms. The number of aliphatic hydroxyl groups is 1. The lowest BCUT2D eigenvalue weighted by molar-refractivity contribution is -0.139. The molecule has 8 heteroatoms. The molecule has 3 aromatic rings. The first-order valence-electron chi connectivity index (χ1n) is 12.1. The first kappa shape index (κ1) is 26.3. The maximum absolute atomic E-state index is 13.6. The molecule has 4 rings (SSSR count). The van der Waals surface area contributed by atoms with Crippen LogP contribution in [0.4, 0.5) is 4.39 Å². The van der Waals surface area contributed by atoms with Crippen molar-refractivity contribution in [2.75, 3.05) is 13.2 Å². The van der Waals surface area contributed by atoms with Crippen LogP contribution in [0.1, 0.15) is 49.5 Å². The minimum Gasteiger partial charge on any atom is -0.481 e. The van der Waals surface area contributed by atoms with Crippen LogP contribution in [0, 0.1) is 5.82 Å². The molecular formula is C29H30FNO6. The number of carbonyl (C=O) groups excluding carboxylic acids is 1. The van der Waals surface area contributed by atoms with E-state index in [1.165, 1.54) is 12.1 Å². The quantitative estimate of drug-likeness (QED) is 0.384. The van der Waals surface area contributed by atoms with E-state index in [-0.39, 0.29) is 24.8 Å². The molecule has 0 radical (unpaired) electrons. The highest BCUT2D eigenvalue weighted by atomic mass is 19.1. The van der Waals surface area contributed by atoms with Crippen molar-refractivity contribution in [3.05, 3.63) is 89.7 Å². The molecule has 1 amide bonds. The van der Waals surface area contributed by atoms with Gasteiger partial charge in [0.15, 0.2) is 6.61 Å². The Morgan fingerprint density at radius 2 is 1.73 bits per heavy atom. The summed E-state index contributed by atoms with van der Waals surface area (Å²) >= 11 is 0. The summed E-state index contributed by atoms with van der Waals surface area (Å²) < 4.78 is 26.0. The van der Waals surface area contributed by atoms with Crippen molar-refractivity contribution in [2.24, 2.45) is 0 Å². The molecule has 37 heavy (non-hydrogen) atoms. The maximum atomic E-state index is 13.6. The number of halogens is 1. The molecule has 1 aliphatic heterocycles. The van der Waals surface area contributed by atoms with Gasteiger partial charge < -0.3 is 25.0 Å². The van der Waals surface area contributed by atoms with E-state index in [1.807, 2.05) is 55.5 Å². The third-order valence-electron chi connectivity index (χ3n) is 6.44. The van der Waals surface area contributed by atoms with Crippen molar-refractivity contribution in [3.63, 3.8) is 0 Å². The number of nitrogens with one attached hydrogen (secondary N) is 1. The van der Waals surface area contributed by atoms with Gasteiger partial charge in [0.2, 0.25) is 5.91 Å². The van der Waals surface area contributed by atoms with Crippen molar-refractivity contribution in [1.29, 1.82) is 0 Å². The molecule has 3 aromatic carbocycles. The van der Waals surface area contributed by atoms with Gasteiger partial charge in [-0.05, 0) is 30.2 Å². The Kier molecular flexibility index (Phi) is 8.21. The van der Waals surface area contributed by atoms with E-state index in [2.05, 4.69) is 5.32 Å². The largest absolute Gasteiger partial charge is 0.481 e. The van der Waals surface area contributed by atoms with E-state index < -0.39 is 30.3 Å². The Morgan fingerprint density at radius 3 is 2.41 bits per heavy atom. The lowest BCUT2D eigenvalue weighted by Crippen LogP contribution is -2.51. The van der Waals surface area contributed by atoms with Crippen molar-refractivity contribution in [3.8, 4) is 16.9 Å². The third kappa shape index (κ3) is 6.53. The summed E-state index contributed by atoms with van der Waals surface area (Å²) in [4.78, 5) is 23.9. The van der Waals surface area contributed by atoms with Gasteiger partial charge in [-0.3, -0.25) is 4.79 Å². The predicted molar refractivity (Wildman–Crippen MR) is 135 cm³/mol. The molecule has 0 aliphatic carbocycles. The fourth-order valence-corrected chi connectivity index (χ4v) is 4.80. The molecule has 3 atom stereocenters. The molecule has 3 N–H and O–H groups in total. The summed E-state index contributed by atoms with van der Waals surface area (Å²) in [6, 6.07) is 21.1. The third-order valence-corrected chi connectivity index (χ3v) is 6.44. The molecule has 0 unspecified atom stereocenters. The number of carboxylic acids is 1. The Balaban J connectivity index is 1.77. The first-order chi connectivity index (χ1) is 17.8. The smallest absolute Gasteiger partial charge is 0.341 e. The van der Waals surface area contributed by atoms with E-state index >= 15 is 0 Å². The summed E-state index contributed by atoms with van der Waals surface area (Å²) in [7, 11) is 0. The predicted octanol–water partition coefficient (Wildman–Crippen LogP) is 4.81. The van der Waals surface area contributed by atoms with Crippen LogP contribution in [0.2, 0.25) is 0 Å².